The average molecular weight is 536 g/mol. The molecular formula is C35H25N3OS. The Morgan fingerprint density at radius 2 is 1.30 bits per heavy atom. The Hall–Kier alpha value is -4.74. The SMILES string of the molecule is CC1(C)c2ccccc2N(c2ccc(-c3nc4cc5sc(-c6ccccc6)nc5cc4o3)cc2)c2ccccc21. The van der Waals surface area contributed by atoms with E-state index in [0.29, 0.717) is 5.89 Å². The molecule has 5 aromatic carbocycles. The zero-order chi connectivity index (χ0) is 26.8. The van der Waals surface area contributed by atoms with Crippen molar-refractivity contribution in [1.29, 1.82) is 0 Å². The molecule has 0 aliphatic carbocycles. The molecule has 0 N–H and O–H groups in total. The number of benzene rings is 5. The van der Waals surface area contributed by atoms with Crippen molar-refractivity contribution in [2.75, 3.05) is 4.90 Å². The van der Waals surface area contributed by atoms with Crippen LogP contribution >= 0.6 is 11.3 Å². The molecule has 7 aromatic rings. The van der Waals surface area contributed by atoms with E-state index in [0.717, 1.165) is 43.1 Å². The summed E-state index contributed by atoms with van der Waals surface area (Å²) in [5.74, 6) is 0.614. The molecule has 4 nitrogen and oxygen atoms in total. The van der Waals surface area contributed by atoms with Gasteiger partial charge < -0.3 is 9.32 Å². The first-order chi connectivity index (χ1) is 19.6. The van der Waals surface area contributed by atoms with Crippen LogP contribution in [-0.4, -0.2) is 9.97 Å². The lowest BCUT2D eigenvalue weighted by molar-refractivity contribution is 0.620. The highest BCUT2D eigenvalue weighted by atomic mass is 32.1. The normalized spacial score (nSPS) is 13.9. The minimum Gasteiger partial charge on any atom is -0.436 e. The van der Waals surface area contributed by atoms with Gasteiger partial charge in [0.25, 0.3) is 0 Å². The number of para-hydroxylation sites is 2. The number of oxazole rings is 1. The second-order valence-corrected chi connectivity index (χ2v) is 11.8. The highest BCUT2D eigenvalue weighted by Crippen LogP contribution is 2.51. The number of thiazole rings is 1. The Kier molecular flexibility index (Phi) is 5.00. The van der Waals surface area contributed by atoms with Gasteiger partial charge in [0.2, 0.25) is 5.89 Å². The zero-order valence-corrected chi connectivity index (χ0v) is 22.9. The minimum absolute atomic E-state index is 0.0771. The van der Waals surface area contributed by atoms with Gasteiger partial charge in [-0.1, -0.05) is 80.6 Å². The van der Waals surface area contributed by atoms with Gasteiger partial charge in [-0.05, 0) is 53.6 Å². The predicted molar refractivity (Wildman–Crippen MR) is 165 cm³/mol. The molecule has 5 heteroatoms. The fourth-order valence-electron chi connectivity index (χ4n) is 5.88. The minimum atomic E-state index is -0.0771. The molecule has 0 radical (unpaired) electrons. The molecule has 192 valence electrons. The van der Waals surface area contributed by atoms with E-state index in [1.807, 2.05) is 24.3 Å². The van der Waals surface area contributed by atoms with Gasteiger partial charge in [-0.15, -0.1) is 11.3 Å². The molecule has 0 fully saturated rings. The van der Waals surface area contributed by atoms with Crippen LogP contribution in [0, 0.1) is 0 Å². The number of anilines is 3. The molecule has 8 rings (SSSR count). The van der Waals surface area contributed by atoms with Gasteiger partial charge in [-0.25, -0.2) is 9.97 Å². The summed E-state index contributed by atoms with van der Waals surface area (Å²) in [6.07, 6.45) is 0. The van der Waals surface area contributed by atoms with Crippen LogP contribution in [0.3, 0.4) is 0 Å². The van der Waals surface area contributed by atoms with Crippen LogP contribution in [0.2, 0.25) is 0 Å². The van der Waals surface area contributed by atoms with E-state index in [2.05, 4.69) is 110 Å². The standard InChI is InChI=1S/C35H25N3OS/c1-35(2)25-12-6-8-14-29(25)38(30-15-9-7-13-26(30)35)24-18-16-22(17-19-24)33-36-27-21-32-28(20-31(27)39-33)37-34(40-32)23-10-4-3-5-11-23/h3-21H,1-2H3. The molecule has 0 bridgehead atoms. The Morgan fingerprint density at radius 1 is 0.650 bits per heavy atom. The maximum atomic E-state index is 6.24. The molecule has 0 spiro atoms. The van der Waals surface area contributed by atoms with Crippen molar-refractivity contribution in [2.45, 2.75) is 19.3 Å². The summed E-state index contributed by atoms with van der Waals surface area (Å²) in [6, 6.07) is 40.3. The molecule has 0 amide bonds. The molecule has 1 aliphatic rings. The highest BCUT2D eigenvalue weighted by molar-refractivity contribution is 7.21. The van der Waals surface area contributed by atoms with Crippen molar-refractivity contribution in [3.8, 4) is 22.0 Å². The molecule has 0 saturated carbocycles. The Balaban J connectivity index is 1.17. The van der Waals surface area contributed by atoms with Gasteiger partial charge in [0, 0.05) is 28.3 Å². The first-order valence-electron chi connectivity index (χ1n) is 13.4. The van der Waals surface area contributed by atoms with Crippen LogP contribution in [0.25, 0.3) is 43.3 Å². The third-order valence-electron chi connectivity index (χ3n) is 7.93. The van der Waals surface area contributed by atoms with Crippen LogP contribution in [0.4, 0.5) is 17.1 Å². The molecular weight excluding hydrogens is 510 g/mol. The number of aromatic nitrogens is 2. The molecule has 0 unspecified atom stereocenters. The van der Waals surface area contributed by atoms with E-state index in [1.54, 1.807) is 11.3 Å². The van der Waals surface area contributed by atoms with E-state index in [-0.39, 0.29) is 5.41 Å². The van der Waals surface area contributed by atoms with Crippen LogP contribution in [0.15, 0.2) is 120 Å². The molecule has 40 heavy (non-hydrogen) atoms. The van der Waals surface area contributed by atoms with Crippen LogP contribution in [0.5, 0.6) is 0 Å². The van der Waals surface area contributed by atoms with Crippen LogP contribution in [0.1, 0.15) is 25.0 Å². The summed E-state index contributed by atoms with van der Waals surface area (Å²) in [7, 11) is 0. The first-order valence-corrected chi connectivity index (χ1v) is 14.2. The largest absolute Gasteiger partial charge is 0.436 e. The number of nitrogens with zero attached hydrogens (tertiary/aromatic N) is 3. The van der Waals surface area contributed by atoms with Gasteiger partial charge in [0.1, 0.15) is 10.5 Å². The third kappa shape index (κ3) is 3.51. The number of hydrogen-bond acceptors (Lipinski definition) is 5. The maximum Gasteiger partial charge on any atom is 0.227 e. The van der Waals surface area contributed by atoms with Crippen molar-refractivity contribution >= 4 is 49.7 Å². The van der Waals surface area contributed by atoms with Gasteiger partial charge in [-0.2, -0.15) is 0 Å². The fraction of sp³-hybridized carbons (Fsp3) is 0.0857. The Morgan fingerprint density at radius 3 is 2.00 bits per heavy atom. The van der Waals surface area contributed by atoms with Gasteiger partial charge in [0.05, 0.1) is 21.6 Å². The zero-order valence-electron chi connectivity index (χ0n) is 22.1. The lowest BCUT2D eigenvalue weighted by atomic mass is 9.73. The molecule has 2 aromatic heterocycles. The van der Waals surface area contributed by atoms with E-state index >= 15 is 0 Å². The van der Waals surface area contributed by atoms with Crippen molar-refractivity contribution in [2.24, 2.45) is 0 Å². The molecule has 0 atom stereocenters. The quantitative estimate of drug-likeness (QED) is 0.226. The highest BCUT2D eigenvalue weighted by Gasteiger charge is 2.36. The summed E-state index contributed by atoms with van der Waals surface area (Å²) >= 11 is 1.68. The predicted octanol–water partition coefficient (Wildman–Crippen LogP) is 9.88. The maximum absolute atomic E-state index is 6.24. The van der Waals surface area contributed by atoms with Crippen molar-refractivity contribution < 1.29 is 4.42 Å². The monoisotopic (exact) mass is 535 g/mol. The second kappa shape index (κ2) is 8.63. The summed E-state index contributed by atoms with van der Waals surface area (Å²) in [5.41, 5.74) is 10.7. The van der Waals surface area contributed by atoms with E-state index < -0.39 is 0 Å². The topological polar surface area (TPSA) is 42.2 Å². The first kappa shape index (κ1) is 23.2. The summed E-state index contributed by atoms with van der Waals surface area (Å²) < 4.78 is 7.35. The smallest absolute Gasteiger partial charge is 0.227 e. The Labute approximate surface area is 236 Å². The molecule has 0 saturated heterocycles. The second-order valence-electron chi connectivity index (χ2n) is 10.7. The number of fused-ring (bicyclic) bond motifs is 4. The van der Waals surface area contributed by atoms with Gasteiger partial charge in [0.15, 0.2) is 5.58 Å². The molecule has 3 heterocycles. The van der Waals surface area contributed by atoms with Crippen LogP contribution in [-0.2, 0) is 5.41 Å². The summed E-state index contributed by atoms with van der Waals surface area (Å²) in [4.78, 5) is 12.1. The lowest BCUT2D eigenvalue weighted by Gasteiger charge is -2.42. The summed E-state index contributed by atoms with van der Waals surface area (Å²) in [5, 5.41) is 1.00. The Bertz CT molecular complexity index is 1940. The van der Waals surface area contributed by atoms with Crippen molar-refractivity contribution in [1.82, 2.24) is 9.97 Å². The average Bonchev–Trinajstić information content (AvgIpc) is 3.60. The number of rotatable bonds is 3. The van der Waals surface area contributed by atoms with Gasteiger partial charge in [-0.3, -0.25) is 0 Å². The summed E-state index contributed by atoms with van der Waals surface area (Å²) in [6.45, 7) is 4.61. The van der Waals surface area contributed by atoms with E-state index in [9.17, 15) is 0 Å². The van der Waals surface area contributed by atoms with Crippen LogP contribution < -0.4 is 4.90 Å². The van der Waals surface area contributed by atoms with Crippen molar-refractivity contribution in [3.05, 3.63) is 126 Å². The third-order valence-corrected chi connectivity index (χ3v) is 8.99. The fourth-order valence-corrected chi connectivity index (χ4v) is 6.86. The number of hydrogen-bond donors (Lipinski definition) is 0. The molecule has 1 aliphatic heterocycles. The van der Waals surface area contributed by atoms with E-state index in [1.165, 1.54) is 22.5 Å². The lowest BCUT2D eigenvalue weighted by Crippen LogP contribution is -2.30. The van der Waals surface area contributed by atoms with E-state index in [4.69, 9.17) is 14.4 Å². The van der Waals surface area contributed by atoms with Gasteiger partial charge >= 0.3 is 0 Å². The van der Waals surface area contributed by atoms with Crippen molar-refractivity contribution in [3.63, 3.8) is 0 Å².